The van der Waals surface area contributed by atoms with E-state index in [9.17, 15) is 9.59 Å². The number of fused-ring (bicyclic) bond motifs is 1. The molecule has 0 aromatic heterocycles. The van der Waals surface area contributed by atoms with Crippen molar-refractivity contribution in [3.63, 3.8) is 0 Å². The van der Waals surface area contributed by atoms with Gasteiger partial charge in [-0.25, -0.2) is 4.79 Å². The Labute approximate surface area is 169 Å². The summed E-state index contributed by atoms with van der Waals surface area (Å²) in [4.78, 5) is 22.5. The Balaban J connectivity index is 1.91. The molecule has 0 bridgehead atoms. The van der Waals surface area contributed by atoms with Crippen molar-refractivity contribution in [2.75, 3.05) is 14.2 Å². The molecule has 0 unspecified atom stereocenters. The summed E-state index contributed by atoms with van der Waals surface area (Å²) >= 11 is 0. The Morgan fingerprint density at radius 2 is 1.79 bits per heavy atom. The van der Waals surface area contributed by atoms with Crippen molar-refractivity contribution in [1.82, 2.24) is 0 Å². The lowest BCUT2D eigenvalue weighted by Gasteiger charge is -2.13. The largest absolute Gasteiger partial charge is 0.496 e. The fourth-order valence-corrected chi connectivity index (χ4v) is 3.48. The van der Waals surface area contributed by atoms with E-state index in [-0.39, 0.29) is 6.42 Å². The van der Waals surface area contributed by atoms with E-state index >= 15 is 0 Å². The Morgan fingerprint density at radius 3 is 2.52 bits per heavy atom. The minimum Gasteiger partial charge on any atom is -0.496 e. The first-order chi connectivity index (χ1) is 14.0. The van der Waals surface area contributed by atoms with Gasteiger partial charge in [0.1, 0.15) is 5.75 Å². The number of carboxylic acid groups (broad SMARTS) is 1. The lowest BCUT2D eigenvalue weighted by Crippen LogP contribution is -2.03. The van der Waals surface area contributed by atoms with Crippen LogP contribution in [0.4, 0.5) is 0 Å². The summed E-state index contributed by atoms with van der Waals surface area (Å²) in [5, 5.41) is 11.1. The van der Waals surface area contributed by atoms with Crippen molar-refractivity contribution < 1.29 is 24.2 Å². The van der Waals surface area contributed by atoms with Gasteiger partial charge in [-0.1, -0.05) is 42.5 Å². The van der Waals surface area contributed by atoms with Crippen molar-refractivity contribution >= 4 is 22.7 Å². The van der Waals surface area contributed by atoms with Crippen LogP contribution in [0.25, 0.3) is 10.8 Å². The number of carbonyl (C=O) groups excluding carboxylic acids is 1. The molecule has 0 spiro atoms. The molecule has 0 heterocycles. The van der Waals surface area contributed by atoms with Crippen molar-refractivity contribution in [2.45, 2.75) is 25.7 Å². The first-order valence-electron chi connectivity index (χ1n) is 9.49. The predicted molar refractivity (Wildman–Crippen MR) is 112 cm³/mol. The van der Waals surface area contributed by atoms with Crippen LogP contribution < -0.4 is 4.74 Å². The average molecular weight is 392 g/mol. The second-order valence-electron chi connectivity index (χ2n) is 6.91. The van der Waals surface area contributed by atoms with Gasteiger partial charge in [0, 0.05) is 12.8 Å². The van der Waals surface area contributed by atoms with E-state index in [0.29, 0.717) is 24.2 Å². The molecule has 0 fully saturated rings. The number of methoxy groups -OCH3 is 2. The maximum absolute atomic E-state index is 11.8. The second kappa shape index (κ2) is 9.24. The molecule has 3 aromatic rings. The van der Waals surface area contributed by atoms with Gasteiger partial charge in [-0.3, -0.25) is 4.79 Å². The predicted octanol–water partition coefficient (Wildman–Crippen LogP) is 4.63. The highest BCUT2D eigenvalue weighted by molar-refractivity contribution is 5.90. The topological polar surface area (TPSA) is 72.8 Å². The van der Waals surface area contributed by atoms with Crippen LogP contribution in [-0.2, 0) is 22.4 Å². The van der Waals surface area contributed by atoms with Crippen LogP contribution in [0.1, 0.15) is 39.9 Å². The number of aliphatic carboxylic acids is 1. The van der Waals surface area contributed by atoms with Crippen molar-refractivity contribution in [1.29, 1.82) is 0 Å². The summed E-state index contributed by atoms with van der Waals surface area (Å²) in [6, 6.07) is 17.8. The van der Waals surface area contributed by atoms with Crippen LogP contribution >= 0.6 is 0 Å². The number of aryl methyl sites for hydroxylation is 1. The smallest absolute Gasteiger partial charge is 0.337 e. The first kappa shape index (κ1) is 20.4. The standard InChI is InChI=1S/C24H24O5/c1-28-22-15-20(24(27)29-2)12-11-19(22)14-18-7-4-6-17-10-9-16(13-21(17)18)5-3-8-23(25)26/h4,6-7,9-13,15H,3,5,8,14H2,1-2H3,(H,25,26). The van der Waals surface area contributed by atoms with Crippen molar-refractivity contribution in [3.8, 4) is 5.75 Å². The van der Waals surface area contributed by atoms with E-state index in [1.807, 2.05) is 12.1 Å². The molecule has 150 valence electrons. The average Bonchev–Trinajstić information content (AvgIpc) is 2.73. The fraction of sp³-hybridized carbons (Fsp3) is 0.250. The van der Waals surface area contributed by atoms with Crippen LogP contribution in [0.2, 0.25) is 0 Å². The summed E-state index contributed by atoms with van der Waals surface area (Å²) in [6.45, 7) is 0. The summed E-state index contributed by atoms with van der Waals surface area (Å²) < 4.78 is 10.3. The lowest BCUT2D eigenvalue weighted by atomic mass is 9.95. The fourth-order valence-electron chi connectivity index (χ4n) is 3.48. The summed E-state index contributed by atoms with van der Waals surface area (Å²) in [7, 11) is 2.94. The van der Waals surface area contributed by atoms with Gasteiger partial charge in [-0.05, 0) is 52.4 Å². The van der Waals surface area contributed by atoms with Crippen LogP contribution in [0.15, 0.2) is 54.6 Å². The zero-order chi connectivity index (χ0) is 20.8. The Hall–Kier alpha value is -3.34. The first-order valence-corrected chi connectivity index (χ1v) is 9.49. The molecule has 29 heavy (non-hydrogen) atoms. The van der Waals surface area contributed by atoms with Crippen LogP contribution in [0.3, 0.4) is 0 Å². The molecule has 0 aliphatic heterocycles. The molecule has 0 saturated carbocycles. The number of esters is 1. The third kappa shape index (κ3) is 4.93. The zero-order valence-electron chi connectivity index (χ0n) is 16.6. The number of hydrogen-bond acceptors (Lipinski definition) is 4. The summed E-state index contributed by atoms with van der Waals surface area (Å²) in [5.74, 6) is -0.525. The van der Waals surface area contributed by atoms with E-state index in [1.165, 1.54) is 7.11 Å². The minimum absolute atomic E-state index is 0.170. The Bertz CT molecular complexity index is 1040. The lowest BCUT2D eigenvalue weighted by molar-refractivity contribution is -0.137. The van der Waals surface area contributed by atoms with E-state index in [4.69, 9.17) is 14.6 Å². The molecular weight excluding hydrogens is 368 g/mol. The van der Waals surface area contributed by atoms with Crippen LogP contribution in [0.5, 0.6) is 5.75 Å². The normalized spacial score (nSPS) is 10.7. The van der Waals surface area contributed by atoms with Gasteiger partial charge in [0.05, 0.1) is 19.8 Å². The van der Waals surface area contributed by atoms with Crippen molar-refractivity contribution in [2.24, 2.45) is 0 Å². The number of carbonyl (C=O) groups is 2. The molecule has 1 N–H and O–H groups in total. The van der Waals surface area contributed by atoms with Crippen molar-refractivity contribution in [3.05, 3.63) is 76.9 Å². The molecule has 0 radical (unpaired) electrons. The number of carboxylic acids is 1. The number of ether oxygens (including phenoxy) is 2. The van der Waals surface area contributed by atoms with Gasteiger partial charge in [-0.15, -0.1) is 0 Å². The van der Waals surface area contributed by atoms with Gasteiger partial charge in [0.15, 0.2) is 0 Å². The van der Waals surface area contributed by atoms with E-state index in [0.717, 1.165) is 33.9 Å². The molecule has 0 aliphatic rings. The van der Waals surface area contributed by atoms with E-state index in [2.05, 4.69) is 30.3 Å². The number of rotatable bonds is 8. The number of hydrogen-bond donors (Lipinski definition) is 1. The molecule has 0 saturated heterocycles. The molecule has 5 heteroatoms. The molecule has 3 rings (SSSR count). The summed E-state index contributed by atoms with van der Waals surface area (Å²) in [6.07, 6.45) is 2.17. The molecule has 0 aliphatic carbocycles. The molecule has 3 aromatic carbocycles. The minimum atomic E-state index is -0.769. The van der Waals surface area contributed by atoms with E-state index in [1.54, 1.807) is 19.2 Å². The van der Waals surface area contributed by atoms with Gasteiger partial charge >= 0.3 is 11.9 Å². The highest BCUT2D eigenvalue weighted by Crippen LogP contribution is 2.28. The van der Waals surface area contributed by atoms with Crippen LogP contribution in [-0.4, -0.2) is 31.3 Å². The molecule has 0 atom stereocenters. The SMILES string of the molecule is COC(=O)c1ccc(Cc2cccc3ccc(CCCC(=O)O)cc23)c(OC)c1. The molecule has 5 nitrogen and oxygen atoms in total. The highest BCUT2D eigenvalue weighted by Gasteiger charge is 2.12. The third-order valence-electron chi connectivity index (χ3n) is 4.98. The molecular formula is C24H24O5. The van der Waals surface area contributed by atoms with E-state index < -0.39 is 11.9 Å². The second-order valence-corrected chi connectivity index (χ2v) is 6.91. The highest BCUT2D eigenvalue weighted by atomic mass is 16.5. The quantitative estimate of drug-likeness (QED) is 0.566. The Morgan fingerprint density at radius 1 is 0.966 bits per heavy atom. The van der Waals surface area contributed by atoms with Gasteiger partial charge in [0.25, 0.3) is 0 Å². The zero-order valence-corrected chi connectivity index (χ0v) is 16.6. The van der Waals surface area contributed by atoms with Gasteiger partial charge in [0.2, 0.25) is 0 Å². The van der Waals surface area contributed by atoms with Gasteiger partial charge in [-0.2, -0.15) is 0 Å². The third-order valence-corrected chi connectivity index (χ3v) is 4.98. The molecule has 0 amide bonds. The van der Waals surface area contributed by atoms with Gasteiger partial charge < -0.3 is 14.6 Å². The maximum Gasteiger partial charge on any atom is 0.337 e. The Kier molecular flexibility index (Phi) is 6.50. The monoisotopic (exact) mass is 392 g/mol. The maximum atomic E-state index is 11.8. The van der Waals surface area contributed by atoms with Crippen LogP contribution in [0, 0.1) is 0 Å². The summed E-state index contributed by atoms with van der Waals surface area (Å²) in [5.41, 5.74) is 3.70. The number of benzene rings is 3.